The van der Waals surface area contributed by atoms with Gasteiger partial charge >= 0.3 is 0 Å². The number of thiocarbonyl (C=S) groups is 1. The maximum absolute atomic E-state index is 12.6. The molecule has 2 aromatic rings. The SMILES string of the molecule is NC(=S)c1cc(Br)ccc1Nc1ccccc1SC(F)F. The minimum atomic E-state index is -2.48. The summed E-state index contributed by atoms with van der Waals surface area (Å²) in [7, 11) is 0. The summed E-state index contributed by atoms with van der Waals surface area (Å²) in [6.07, 6.45) is 0. The molecule has 21 heavy (non-hydrogen) atoms. The minimum absolute atomic E-state index is 0.234. The van der Waals surface area contributed by atoms with Crippen molar-refractivity contribution in [2.24, 2.45) is 5.73 Å². The molecule has 7 heteroatoms. The summed E-state index contributed by atoms with van der Waals surface area (Å²) in [6.45, 7) is 0. The fraction of sp³-hybridized carbons (Fsp3) is 0.0714. The molecular weight excluding hydrogens is 378 g/mol. The maximum Gasteiger partial charge on any atom is 0.288 e. The van der Waals surface area contributed by atoms with E-state index in [9.17, 15) is 8.78 Å². The van der Waals surface area contributed by atoms with Gasteiger partial charge in [-0.1, -0.05) is 52.0 Å². The zero-order valence-electron chi connectivity index (χ0n) is 10.6. The number of hydrogen-bond acceptors (Lipinski definition) is 3. The lowest BCUT2D eigenvalue weighted by Crippen LogP contribution is -2.12. The topological polar surface area (TPSA) is 38.0 Å². The van der Waals surface area contributed by atoms with Crippen LogP contribution in [0, 0.1) is 0 Å². The van der Waals surface area contributed by atoms with Crippen LogP contribution in [-0.2, 0) is 0 Å². The molecule has 0 amide bonds. The molecule has 0 saturated heterocycles. The van der Waals surface area contributed by atoms with Crippen LogP contribution in [0.1, 0.15) is 5.56 Å². The number of benzene rings is 2. The van der Waals surface area contributed by atoms with Crippen LogP contribution in [0.2, 0.25) is 0 Å². The molecule has 110 valence electrons. The number of hydrogen-bond donors (Lipinski definition) is 2. The minimum Gasteiger partial charge on any atom is -0.389 e. The van der Waals surface area contributed by atoms with Crippen LogP contribution in [0.15, 0.2) is 51.8 Å². The normalized spacial score (nSPS) is 10.7. The second kappa shape index (κ2) is 7.20. The monoisotopic (exact) mass is 388 g/mol. The molecule has 0 aliphatic carbocycles. The Morgan fingerprint density at radius 3 is 2.57 bits per heavy atom. The van der Waals surface area contributed by atoms with Crippen LogP contribution in [0.25, 0.3) is 0 Å². The van der Waals surface area contributed by atoms with E-state index in [-0.39, 0.29) is 4.99 Å². The largest absolute Gasteiger partial charge is 0.389 e. The van der Waals surface area contributed by atoms with Crippen LogP contribution in [0.4, 0.5) is 20.2 Å². The van der Waals surface area contributed by atoms with Gasteiger partial charge in [0.25, 0.3) is 5.76 Å². The van der Waals surface area contributed by atoms with Gasteiger partial charge in [-0.05, 0) is 30.3 Å². The van der Waals surface area contributed by atoms with Gasteiger partial charge in [0.15, 0.2) is 0 Å². The number of rotatable bonds is 5. The van der Waals surface area contributed by atoms with Gasteiger partial charge in [-0.25, -0.2) is 0 Å². The van der Waals surface area contributed by atoms with Gasteiger partial charge in [0.05, 0.1) is 5.69 Å². The average Bonchev–Trinajstić information content (AvgIpc) is 2.42. The molecule has 0 aliphatic rings. The number of nitrogens with two attached hydrogens (primary N) is 1. The van der Waals surface area contributed by atoms with Crippen LogP contribution < -0.4 is 11.1 Å². The van der Waals surface area contributed by atoms with E-state index >= 15 is 0 Å². The molecule has 0 heterocycles. The van der Waals surface area contributed by atoms with Gasteiger partial charge in [0.1, 0.15) is 4.99 Å². The zero-order chi connectivity index (χ0) is 15.4. The second-order valence-corrected chi connectivity index (χ2v) is 6.44. The van der Waals surface area contributed by atoms with Crippen LogP contribution >= 0.6 is 39.9 Å². The zero-order valence-corrected chi connectivity index (χ0v) is 13.9. The van der Waals surface area contributed by atoms with E-state index in [0.717, 1.165) is 4.47 Å². The molecule has 0 radical (unpaired) electrons. The molecule has 3 N–H and O–H groups in total. The Morgan fingerprint density at radius 1 is 1.19 bits per heavy atom. The van der Waals surface area contributed by atoms with Crippen molar-refractivity contribution in [2.75, 3.05) is 5.32 Å². The summed E-state index contributed by atoms with van der Waals surface area (Å²) in [5.41, 5.74) is 7.61. The molecule has 0 aliphatic heterocycles. The van der Waals surface area contributed by atoms with E-state index in [1.165, 1.54) is 0 Å². The number of thioether (sulfide) groups is 1. The van der Waals surface area contributed by atoms with Gasteiger partial charge in [0, 0.05) is 20.6 Å². The van der Waals surface area contributed by atoms with E-state index in [2.05, 4.69) is 21.2 Å². The number of nitrogens with one attached hydrogen (secondary N) is 1. The van der Waals surface area contributed by atoms with Crippen molar-refractivity contribution in [1.82, 2.24) is 0 Å². The predicted molar refractivity (Wildman–Crippen MR) is 91.6 cm³/mol. The summed E-state index contributed by atoms with van der Waals surface area (Å²) in [6, 6.07) is 12.3. The van der Waals surface area contributed by atoms with Gasteiger partial charge < -0.3 is 11.1 Å². The fourth-order valence-electron chi connectivity index (χ4n) is 1.74. The van der Waals surface area contributed by atoms with Gasteiger partial charge in [-0.15, -0.1) is 0 Å². The Labute approximate surface area is 139 Å². The van der Waals surface area contributed by atoms with Crippen LogP contribution in [-0.4, -0.2) is 10.7 Å². The molecule has 2 aromatic carbocycles. The van der Waals surface area contributed by atoms with Crippen molar-refractivity contribution in [2.45, 2.75) is 10.7 Å². The summed E-state index contributed by atoms with van der Waals surface area (Å²) in [4.78, 5) is 0.696. The Bertz CT molecular complexity index is 665. The third-order valence-electron chi connectivity index (χ3n) is 2.62. The Kier molecular flexibility index (Phi) is 5.55. The third-order valence-corrected chi connectivity index (χ3v) is 4.12. The van der Waals surface area contributed by atoms with Crippen molar-refractivity contribution >= 4 is 56.3 Å². The highest BCUT2D eigenvalue weighted by Gasteiger charge is 2.12. The molecule has 0 atom stereocenters. The average molecular weight is 389 g/mol. The lowest BCUT2D eigenvalue weighted by atomic mass is 10.1. The highest BCUT2D eigenvalue weighted by Crippen LogP contribution is 2.34. The van der Waals surface area contributed by atoms with Crippen LogP contribution in [0.3, 0.4) is 0 Å². The number of alkyl halides is 2. The van der Waals surface area contributed by atoms with Gasteiger partial charge in [-0.2, -0.15) is 8.78 Å². The number of para-hydroxylation sites is 1. The lowest BCUT2D eigenvalue weighted by Gasteiger charge is -2.14. The Morgan fingerprint density at radius 2 is 1.90 bits per heavy atom. The van der Waals surface area contributed by atoms with E-state index in [1.54, 1.807) is 36.4 Å². The molecule has 2 nitrogen and oxygen atoms in total. The molecule has 0 aromatic heterocycles. The lowest BCUT2D eigenvalue weighted by molar-refractivity contribution is 0.252. The van der Waals surface area contributed by atoms with Gasteiger partial charge in [0.2, 0.25) is 0 Å². The van der Waals surface area contributed by atoms with Crippen molar-refractivity contribution in [3.8, 4) is 0 Å². The van der Waals surface area contributed by atoms with Crippen molar-refractivity contribution in [3.05, 3.63) is 52.5 Å². The molecule has 0 fully saturated rings. The molecule has 2 rings (SSSR count). The van der Waals surface area contributed by atoms with Crippen molar-refractivity contribution < 1.29 is 8.78 Å². The summed E-state index contributed by atoms with van der Waals surface area (Å²) >= 11 is 8.86. The first kappa shape index (κ1) is 16.2. The summed E-state index contributed by atoms with van der Waals surface area (Å²) < 4.78 is 26.0. The molecule has 0 spiro atoms. The Hall–Kier alpha value is -1.18. The van der Waals surface area contributed by atoms with E-state index in [0.29, 0.717) is 33.6 Å². The highest BCUT2D eigenvalue weighted by molar-refractivity contribution is 9.10. The smallest absolute Gasteiger partial charge is 0.288 e. The van der Waals surface area contributed by atoms with Crippen LogP contribution in [0.5, 0.6) is 0 Å². The summed E-state index contributed by atoms with van der Waals surface area (Å²) in [5, 5.41) is 3.11. The molecule has 0 unspecified atom stereocenters. The quantitative estimate of drug-likeness (QED) is 0.549. The first-order chi connectivity index (χ1) is 9.97. The first-order valence-electron chi connectivity index (χ1n) is 5.87. The first-order valence-corrected chi connectivity index (χ1v) is 7.95. The third kappa shape index (κ3) is 4.39. The predicted octanol–water partition coefficient (Wildman–Crippen LogP) is 5.14. The standard InChI is InChI=1S/C14H11BrF2N2S2/c15-8-5-6-10(9(7-8)13(18)20)19-11-3-1-2-4-12(11)21-14(16)17/h1-7,14,19H,(H2,18,20). The van der Waals surface area contributed by atoms with Crippen molar-refractivity contribution in [1.29, 1.82) is 0 Å². The molecular formula is C14H11BrF2N2S2. The Balaban J connectivity index is 2.37. The number of anilines is 2. The highest BCUT2D eigenvalue weighted by atomic mass is 79.9. The van der Waals surface area contributed by atoms with Crippen molar-refractivity contribution in [3.63, 3.8) is 0 Å². The van der Waals surface area contributed by atoms with E-state index in [1.807, 2.05) is 6.07 Å². The fourth-order valence-corrected chi connectivity index (χ4v) is 2.87. The summed E-state index contributed by atoms with van der Waals surface area (Å²) in [5.74, 6) is -2.48. The number of halogens is 3. The molecule has 0 saturated carbocycles. The second-order valence-electron chi connectivity index (χ2n) is 4.05. The maximum atomic E-state index is 12.6. The van der Waals surface area contributed by atoms with Gasteiger partial charge in [-0.3, -0.25) is 0 Å². The van der Waals surface area contributed by atoms with E-state index in [4.69, 9.17) is 18.0 Å². The van der Waals surface area contributed by atoms with E-state index < -0.39 is 5.76 Å². The molecule has 0 bridgehead atoms.